The summed E-state index contributed by atoms with van der Waals surface area (Å²) in [6.07, 6.45) is 0. The molecule has 53 heavy (non-hydrogen) atoms. The van der Waals surface area contributed by atoms with Gasteiger partial charge in [-0.3, -0.25) is 0 Å². The summed E-state index contributed by atoms with van der Waals surface area (Å²) >= 11 is 0. The molecule has 0 fully saturated rings. The summed E-state index contributed by atoms with van der Waals surface area (Å²) in [6, 6.07) is 70.3. The predicted molar refractivity (Wildman–Crippen MR) is 225 cm³/mol. The van der Waals surface area contributed by atoms with Crippen LogP contribution >= 0.6 is 0 Å². The molecule has 0 atom stereocenters. The Morgan fingerprint density at radius 1 is 0.245 bits per heavy atom. The van der Waals surface area contributed by atoms with Gasteiger partial charge in [-0.25, -0.2) is 0 Å². The number of hydrogen-bond donors (Lipinski definition) is 0. The largest absolute Gasteiger partial charge is 0.455 e. The highest BCUT2D eigenvalue weighted by molar-refractivity contribution is 6.31. The molecule has 10 aromatic carbocycles. The Morgan fingerprint density at radius 3 is 1.42 bits per heavy atom. The summed E-state index contributed by atoms with van der Waals surface area (Å²) in [4.78, 5) is 0. The fourth-order valence-electron chi connectivity index (χ4n) is 8.71. The van der Waals surface area contributed by atoms with E-state index in [4.69, 9.17) is 4.42 Å². The van der Waals surface area contributed by atoms with Crippen LogP contribution in [0.1, 0.15) is 0 Å². The van der Waals surface area contributed by atoms with Crippen molar-refractivity contribution in [1.29, 1.82) is 0 Å². The SMILES string of the molecule is c1ccc(-c2c3ccccc3c(-c3ccccc3)c3cc(-c4cccc(-c5cccc6c5oc5c7ccccc7c7ccccc7c65)c4)ccc23)cc1. The molecule has 0 N–H and O–H groups in total. The van der Waals surface area contributed by atoms with Gasteiger partial charge in [0.2, 0.25) is 0 Å². The van der Waals surface area contributed by atoms with Gasteiger partial charge in [0.25, 0.3) is 0 Å². The Labute approximate surface area is 307 Å². The lowest BCUT2D eigenvalue weighted by molar-refractivity contribution is 0.674. The quantitative estimate of drug-likeness (QED) is 0.134. The Bertz CT molecular complexity index is 3210. The Hall–Kier alpha value is -6.96. The number of fused-ring (bicyclic) bond motifs is 10. The molecule has 0 bridgehead atoms. The van der Waals surface area contributed by atoms with Gasteiger partial charge in [0, 0.05) is 21.7 Å². The normalized spacial score (nSPS) is 11.8. The second kappa shape index (κ2) is 11.8. The van der Waals surface area contributed by atoms with Gasteiger partial charge in [0.15, 0.2) is 0 Å². The van der Waals surface area contributed by atoms with Crippen LogP contribution in [0.3, 0.4) is 0 Å². The number of para-hydroxylation sites is 1. The zero-order chi connectivity index (χ0) is 34.9. The van der Waals surface area contributed by atoms with Crippen LogP contribution < -0.4 is 0 Å². The molecule has 1 heterocycles. The molecular weight excluding hydrogens is 641 g/mol. The summed E-state index contributed by atoms with van der Waals surface area (Å²) in [6.45, 7) is 0. The van der Waals surface area contributed by atoms with E-state index in [9.17, 15) is 0 Å². The summed E-state index contributed by atoms with van der Waals surface area (Å²) in [5, 5.41) is 12.2. The second-order valence-corrected chi connectivity index (χ2v) is 13.9. The first-order valence-electron chi connectivity index (χ1n) is 18.3. The Morgan fingerprint density at radius 2 is 0.717 bits per heavy atom. The first kappa shape index (κ1) is 29.7. The zero-order valence-corrected chi connectivity index (χ0v) is 28.9. The van der Waals surface area contributed by atoms with Crippen LogP contribution in [0.4, 0.5) is 0 Å². The van der Waals surface area contributed by atoms with Crippen LogP contribution in [0, 0.1) is 0 Å². The topological polar surface area (TPSA) is 13.1 Å². The lowest BCUT2D eigenvalue weighted by Crippen LogP contribution is -1.91. The third-order valence-corrected chi connectivity index (χ3v) is 11.0. The van der Waals surface area contributed by atoms with Gasteiger partial charge in [0.1, 0.15) is 11.2 Å². The van der Waals surface area contributed by atoms with E-state index in [1.807, 2.05) is 0 Å². The zero-order valence-electron chi connectivity index (χ0n) is 28.9. The summed E-state index contributed by atoms with van der Waals surface area (Å²) < 4.78 is 6.92. The van der Waals surface area contributed by atoms with Crippen molar-refractivity contribution in [3.05, 3.63) is 194 Å². The fourth-order valence-corrected chi connectivity index (χ4v) is 8.71. The van der Waals surface area contributed by atoms with Gasteiger partial charge >= 0.3 is 0 Å². The van der Waals surface area contributed by atoms with E-state index in [1.165, 1.54) is 76.5 Å². The second-order valence-electron chi connectivity index (χ2n) is 13.9. The lowest BCUT2D eigenvalue weighted by Gasteiger charge is -2.19. The average molecular weight is 673 g/mol. The van der Waals surface area contributed by atoms with E-state index < -0.39 is 0 Å². The van der Waals surface area contributed by atoms with Gasteiger partial charge in [-0.15, -0.1) is 0 Å². The van der Waals surface area contributed by atoms with Gasteiger partial charge in [-0.1, -0.05) is 182 Å². The molecule has 246 valence electrons. The lowest BCUT2D eigenvalue weighted by atomic mass is 9.85. The highest BCUT2D eigenvalue weighted by atomic mass is 16.3. The molecule has 11 aromatic rings. The summed E-state index contributed by atoms with van der Waals surface area (Å²) in [5.74, 6) is 0. The highest BCUT2D eigenvalue weighted by Gasteiger charge is 2.20. The highest BCUT2D eigenvalue weighted by Crippen LogP contribution is 2.46. The van der Waals surface area contributed by atoms with E-state index in [-0.39, 0.29) is 0 Å². The smallest absolute Gasteiger partial charge is 0.143 e. The maximum absolute atomic E-state index is 6.92. The first-order valence-corrected chi connectivity index (χ1v) is 18.3. The summed E-state index contributed by atoms with van der Waals surface area (Å²) in [7, 11) is 0. The Kier molecular flexibility index (Phi) is 6.62. The molecule has 1 nitrogen and oxygen atoms in total. The van der Waals surface area contributed by atoms with E-state index in [0.29, 0.717) is 0 Å². The van der Waals surface area contributed by atoms with Crippen molar-refractivity contribution in [2.75, 3.05) is 0 Å². The minimum Gasteiger partial charge on any atom is -0.455 e. The first-order chi connectivity index (χ1) is 26.3. The van der Waals surface area contributed by atoms with Crippen LogP contribution in [0.15, 0.2) is 199 Å². The van der Waals surface area contributed by atoms with Crippen LogP contribution in [0.2, 0.25) is 0 Å². The van der Waals surface area contributed by atoms with Crippen LogP contribution in [-0.2, 0) is 0 Å². The van der Waals surface area contributed by atoms with Crippen LogP contribution in [0.5, 0.6) is 0 Å². The Balaban J connectivity index is 1.14. The van der Waals surface area contributed by atoms with Crippen molar-refractivity contribution in [2.45, 2.75) is 0 Å². The van der Waals surface area contributed by atoms with Crippen molar-refractivity contribution in [3.63, 3.8) is 0 Å². The molecule has 1 heteroatoms. The molecule has 0 aliphatic carbocycles. The predicted octanol–water partition coefficient (Wildman–Crippen LogP) is 14.9. The molecule has 0 unspecified atom stereocenters. The van der Waals surface area contributed by atoms with E-state index in [2.05, 4.69) is 194 Å². The third-order valence-electron chi connectivity index (χ3n) is 11.0. The molecule has 0 saturated carbocycles. The van der Waals surface area contributed by atoms with Crippen molar-refractivity contribution >= 4 is 65.0 Å². The minimum atomic E-state index is 0.921. The number of hydrogen-bond acceptors (Lipinski definition) is 1. The maximum atomic E-state index is 6.92. The monoisotopic (exact) mass is 672 g/mol. The number of furan rings is 1. The van der Waals surface area contributed by atoms with Gasteiger partial charge in [0.05, 0.1) is 0 Å². The minimum absolute atomic E-state index is 0.921. The van der Waals surface area contributed by atoms with Gasteiger partial charge < -0.3 is 4.42 Å². The van der Waals surface area contributed by atoms with E-state index >= 15 is 0 Å². The molecule has 0 saturated heterocycles. The molecule has 1 aromatic heterocycles. The molecule has 0 aliphatic rings. The number of benzene rings is 10. The van der Waals surface area contributed by atoms with Gasteiger partial charge in [-0.05, 0) is 88.8 Å². The molecule has 0 aliphatic heterocycles. The van der Waals surface area contributed by atoms with Crippen molar-refractivity contribution in [3.8, 4) is 44.5 Å². The third kappa shape index (κ3) is 4.58. The van der Waals surface area contributed by atoms with Crippen molar-refractivity contribution in [2.24, 2.45) is 0 Å². The molecule has 0 radical (unpaired) electrons. The van der Waals surface area contributed by atoms with Crippen LogP contribution in [-0.4, -0.2) is 0 Å². The van der Waals surface area contributed by atoms with E-state index in [0.717, 1.165) is 33.1 Å². The van der Waals surface area contributed by atoms with Crippen molar-refractivity contribution in [1.82, 2.24) is 0 Å². The fraction of sp³-hybridized carbons (Fsp3) is 0. The molecule has 0 spiro atoms. The molecule has 0 amide bonds. The van der Waals surface area contributed by atoms with Crippen LogP contribution in [0.25, 0.3) is 110 Å². The summed E-state index contributed by atoms with van der Waals surface area (Å²) in [5.41, 5.74) is 11.4. The van der Waals surface area contributed by atoms with Crippen molar-refractivity contribution < 1.29 is 4.42 Å². The molecular formula is C52H32O. The maximum Gasteiger partial charge on any atom is 0.143 e. The van der Waals surface area contributed by atoms with E-state index in [1.54, 1.807) is 0 Å². The van der Waals surface area contributed by atoms with Gasteiger partial charge in [-0.2, -0.15) is 0 Å². The number of rotatable bonds is 4. The average Bonchev–Trinajstić information content (AvgIpc) is 3.64. The standard InChI is InChI=1S/C52H32O/c1-3-15-33(16-4-1)48-42-24-10-11-25-43(42)49(34-17-5-2-6-18-34)47-32-36(29-30-44(47)48)35-19-13-20-37(31-35)38-27-14-28-46-50-41-23-9-7-21-39(41)40-22-8-12-26-45(40)52(50)53-51(38)46/h1-32H. The molecule has 11 rings (SSSR count).